The number of fused-ring (bicyclic) bond motifs is 1. The number of rotatable bonds is 3. The molecule has 6 heteroatoms. The lowest BCUT2D eigenvalue weighted by Gasteiger charge is -2.20. The van der Waals surface area contributed by atoms with Crippen LogP contribution >= 0.6 is 0 Å². The van der Waals surface area contributed by atoms with Gasteiger partial charge in [-0.2, -0.15) is 0 Å². The van der Waals surface area contributed by atoms with E-state index in [4.69, 9.17) is 0 Å². The van der Waals surface area contributed by atoms with Crippen LogP contribution in [0.15, 0.2) is 23.0 Å². The lowest BCUT2D eigenvalue weighted by molar-refractivity contribution is 0.232. The van der Waals surface area contributed by atoms with Crippen molar-refractivity contribution in [2.75, 3.05) is 6.54 Å². The van der Waals surface area contributed by atoms with E-state index in [1.807, 2.05) is 39.0 Å². The summed E-state index contributed by atoms with van der Waals surface area (Å²) in [5, 5.41) is 5.65. The number of nitrogens with one attached hydrogen (secondary N) is 4. The molecule has 2 amide bonds. The van der Waals surface area contributed by atoms with Gasteiger partial charge in [0.15, 0.2) is 0 Å². The minimum Gasteiger partial charge on any atom is -0.338 e. The molecule has 4 N–H and O–H groups in total. The Bertz CT molecular complexity index is 664. The van der Waals surface area contributed by atoms with Gasteiger partial charge in [-0.25, -0.2) is 9.59 Å². The minimum atomic E-state index is -0.242. The largest absolute Gasteiger partial charge is 0.338 e. The lowest BCUT2D eigenvalue weighted by Crippen LogP contribution is -2.46. The highest BCUT2D eigenvalue weighted by molar-refractivity contribution is 5.75. The van der Waals surface area contributed by atoms with Gasteiger partial charge in [-0.15, -0.1) is 0 Å². The molecule has 20 heavy (non-hydrogen) atoms. The Morgan fingerprint density at radius 3 is 2.60 bits per heavy atom. The SMILES string of the molecule is CC(C)(C)NC(=O)NCCc1ccc2[nH]c(=O)[nH]c2c1. The van der Waals surface area contributed by atoms with Gasteiger partial charge in [-0.05, 0) is 44.9 Å². The predicted molar refractivity (Wildman–Crippen MR) is 78.9 cm³/mol. The number of imidazole rings is 1. The number of carbonyl (C=O) groups is 1. The first kappa shape index (κ1) is 14.2. The molecular formula is C14H20N4O2. The van der Waals surface area contributed by atoms with Crippen LogP contribution in [0.3, 0.4) is 0 Å². The van der Waals surface area contributed by atoms with Crippen molar-refractivity contribution in [3.63, 3.8) is 0 Å². The number of H-pyrrole nitrogens is 2. The van der Waals surface area contributed by atoms with Gasteiger partial charge in [0.1, 0.15) is 0 Å². The molecule has 1 heterocycles. The molecule has 0 bridgehead atoms. The van der Waals surface area contributed by atoms with Gasteiger partial charge in [-0.1, -0.05) is 6.07 Å². The quantitative estimate of drug-likeness (QED) is 0.684. The molecule has 0 saturated heterocycles. The van der Waals surface area contributed by atoms with Gasteiger partial charge in [-0.3, -0.25) is 0 Å². The number of urea groups is 1. The van der Waals surface area contributed by atoms with Crippen LogP contribution in [0.1, 0.15) is 26.3 Å². The average molecular weight is 276 g/mol. The van der Waals surface area contributed by atoms with E-state index in [0.717, 1.165) is 16.6 Å². The van der Waals surface area contributed by atoms with E-state index in [0.29, 0.717) is 13.0 Å². The second-order valence-corrected chi connectivity index (χ2v) is 5.84. The summed E-state index contributed by atoms with van der Waals surface area (Å²) >= 11 is 0. The molecule has 0 fully saturated rings. The molecule has 0 atom stereocenters. The van der Waals surface area contributed by atoms with E-state index >= 15 is 0 Å². The fourth-order valence-corrected chi connectivity index (χ4v) is 1.94. The summed E-state index contributed by atoms with van der Waals surface area (Å²) in [7, 11) is 0. The van der Waals surface area contributed by atoms with Crippen LogP contribution in [0.5, 0.6) is 0 Å². The van der Waals surface area contributed by atoms with Crippen LogP contribution in [0.4, 0.5) is 4.79 Å². The first-order chi connectivity index (χ1) is 9.33. The highest BCUT2D eigenvalue weighted by atomic mass is 16.2. The van der Waals surface area contributed by atoms with Crippen LogP contribution in [-0.4, -0.2) is 28.1 Å². The molecule has 1 aromatic carbocycles. The molecule has 1 aromatic heterocycles. The third-order valence-electron chi connectivity index (χ3n) is 2.77. The van der Waals surface area contributed by atoms with Gasteiger partial charge in [0.05, 0.1) is 11.0 Å². The topological polar surface area (TPSA) is 89.8 Å². The third kappa shape index (κ3) is 3.88. The molecule has 0 aliphatic rings. The summed E-state index contributed by atoms with van der Waals surface area (Å²) < 4.78 is 0. The van der Waals surface area contributed by atoms with E-state index < -0.39 is 0 Å². The maximum absolute atomic E-state index is 11.6. The molecular weight excluding hydrogens is 256 g/mol. The number of amides is 2. The van der Waals surface area contributed by atoms with Crippen molar-refractivity contribution in [2.45, 2.75) is 32.7 Å². The summed E-state index contributed by atoms with van der Waals surface area (Å²) in [5.74, 6) is 0. The molecule has 0 aliphatic heterocycles. The Morgan fingerprint density at radius 2 is 1.90 bits per heavy atom. The highest BCUT2D eigenvalue weighted by Gasteiger charge is 2.12. The van der Waals surface area contributed by atoms with Crippen LogP contribution in [0.25, 0.3) is 11.0 Å². The van der Waals surface area contributed by atoms with Crippen LogP contribution < -0.4 is 16.3 Å². The van der Waals surface area contributed by atoms with E-state index in [-0.39, 0.29) is 17.3 Å². The Hall–Kier alpha value is -2.24. The van der Waals surface area contributed by atoms with Gasteiger partial charge in [0, 0.05) is 12.1 Å². The molecule has 0 spiro atoms. The van der Waals surface area contributed by atoms with Crippen LogP contribution in [-0.2, 0) is 6.42 Å². The molecule has 6 nitrogen and oxygen atoms in total. The molecule has 108 valence electrons. The fourth-order valence-electron chi connectivity index (χ4n) is 1.94. The summed E-state index contributed by atoms with van der Waals surface area (Å²) in [6.07, 6.45) is 0.709. The van der Waals surface area contributed by atoms with Crippen molar-refractivity contribution in [3.05, 3.63) is 34.2 Å². The van der Waals surface area contributed by atoms with E-state index in [9.17, 15) is 9.59 Å². The summed E-state index contributed by atoms with van der Waals surface area (Å²) in [5.41, 5.74) is 2.18. The smallest absolute Gasteiger partial charge is 0.323 e. The maximum atomic E-state index is 11.6. The van der Waals surface area contributed by atoms with Crippen molar-refractivity contribution >= 4 is 17.1 Å². The maximum Gasteiger partial charge on any atom is 0.323 e. The second kappa shape index (κ2) is 5.40. The summed E-state index contributed by atoms with van der Waals surface area (Å²) in [6, 6.07) is 5.54. The van der Waals surface area contributed by atoms with Crippen LogP contribution in [0, 0.1) is 0 Å². The Labute approximate surface area is 117 Å². The molecule has 0 saturated carbocycles. The van der Waals surface area contributed by atoms with Crippen molar-refractivity contribution < 1.29 is 4.79 Å². The Morgan fingerprint density at radius 1 is 1.20 bits per heavy atom. The molecule has 2 rings (SSSR count). The fraction of sp³-hybridized carbons (Fsp3) is 0.429. The number of carbonyl (C=O) groups excluding carboxylic acids is 1. The predicted octanol–water partition coefficient (Wildman–Crippen LogP) is 1.50. The number of aromatic nitrogens is 2. The lowest BCUT2D eigenvalue weighted by atomic mass is 10.1. The third-order valence-corrected chi connectivity index (χ3v) is 2.77. The van der Waals surface area contributed by atoms with Gasteiger partial charge in [0.2, 0.25) is 0 Å². The Kier molecular flexibility index (Phi) is 3.83. The first-order valence-corrected chi connectivity index (χ1v) is 6.60. The van der Waals surface area contributed by atoms with Crippen LogP contribution in [0.2, 0.25) is 0 Å². The zero-order chi connectivity index (χ0) is 14.8. The van der Waals surface area contributed by atoms with E-state index in [1.165, 1.54) is 0 Å². The zero-order valence-corrected chi connectivity index (χ0v) is 12.0. The van der Waals surface area contributed by atoms with Crippen molar-refractivity contribution in [2.24, 2.45) is 0 Å². The number of aromatic amines is 2. The van der Waals surface area contributed by atoms with E-state index in [1.54, 1.807) is 0 Å². The molecule has 0 unspecified atom stereocenters. The van der Waals surface area contributed by atoms with Crippen molar-refractivity contribution in [1.82, 2.24) is 20.6 Å². The Balaban J connectivity index is 1.89. The molecule has 2 aromatic rings. The number of hydrogen-bond acceptors (Lipinski definition) is 2. The van der Waals surface area contributed by atoms with Crippen molar-refractivity contribution in [3.8, 4) is 0 Å². The normalized spacial score (nSPS) is 11.6. The first-order valence-electron chi connectivity index (χ1n) is 6.60. The van der Waals surface area contributed by atoms with Gasteiger partial charge >= 0.3 is 11.7 Å². The zero-order valence-electron chi connectivity index (χ0n) is 12.0. The monoisotopic (exact) mass is 276 g/mol. The summed E-state index contributed by atoms with van der Waals surface area (Å²) in [4.78, 5) is 28.2. The molecule has 0 radical (unpaired) electrons. The van der Waals surface area contributed by atoms with Gasteiger partial charge in [0.25, 0.3) is 0 Å². The second-order valence-electron chi connectivity index (χ2n) is 5.84. The highest BCUT2D eigenvalue weighted by Crippen LogP contribution is 2.10. The average Bonchev–Trinajstić information content (AvgIpc) is 2.66. The van der Waals surface area contributed by atoms with Crippen molar-refractivity contribution in [1.29, 1.82) is 0 Å². The van der Waals surface area contributed by atoms with E-state index in [2.05, 4.69) is 20.6 Å². The summed E-state index contributed by atoms with van der Waals surface area (Å²) in [6.45, 7) is 6.34. The standard InChI is InChI=1S/C14H20N4O2/c1-14(2,3)18-12(19)15-7-6-9-4-5-10-11(8-9)17-13(20)16-10/h4-5,8H,6-7H2,1-3H3,(H2,15,18,19)(H2,16,17,20). The minimum absolute atomic E-state index is 0.173. The number of hydrogen-bond donors (Lipinski definition) is 4. The van der Waals surface area contributed by atoms with Gasteiger partial charge < -0.3 is 20.6 Å². The number of benzene rings is 1. The molecule has 0 aliphatic carbocycles.